The van der Waals surface area contributed by atoms with E-state index in [2.05, 4.69) is 9.97 Å². The number of carbonyl (C=O) groups is 1. The van der Waals surface area contributed by atoms with Crippen LogP contribution in [0.15, 0.2) is 30.7 Å². The van der Waals surface area contributed by atoms with Gasteiger partial charge < -0.3 is 18.9 Å². The molecule has 144 valence electrons. The average Bonchev–Trinajstić information content (AvgIpc) is 3.23. The van der Waals surface area contributed by atoms with Gasteiger partial charge in [-0.2, -0.15) is 0 Å². The number of aromatic nitrogens is 3. The van der Waals surface area contributed by atoms with Gasteiger partial charge in [-0.15, -0.1) is 0 Å². The molecule has 2 aliphatic rings. The molecule has 27 heavy (non-hydrogen) atoms. The van der Waals surface area contributed by atoms with E-state index >= 15 is 0 Å². The van der Waals surface area contributed by atoms with Crippen molar-refractivity contribution < 1.29 is 14.3 Å². The number of imidazole rings is 1. The van der Waals surface area contributed by atoms with Crippen molar-refractivity contribution in [3.05, 3.63) is 47.8 Å². The van der Waals surface area contributed by atoms with Gasteiger partial charge >= 0.3 is 0 Å². The first-order chi connectivity index (χ1) is 13.1. The molecule has 4 rings (SSSR count). The molecule has 2 aliphatic heterocycles. The maximum atomic E-state index is 12.5. The molecule has 2 fully saturated rings. The lowest BCUT2D eigenvalue weighted by Crippen LogP contribution is -2.66. The number of nitrogens with zero attached hydrogens (tertiary/aromatic N) is 4. The molecule has 2 saturated heterocycles. The minimum absolute atomic E-state index is 0.0164. The molecule has 0 aliphatic carbocycles. The van der Waals surface area contributed by atoms with Crippen LogP contribution in [-0.2, 0) is 23.1 Å². The Kier molecular flexibility index (Phi) is 4.97. The van der Waals surface area contributed by atoms with Crippen LogP contribution in [0.2, 0.25) is 0 Å². The molecule has 0 N–H and O–H groups in total. The summed E-state index contributed by atoms with van der Waals surface area (Å²) >= 11 is 0. The lowest BCUT2D eigenvalue weighted by Gasteiger charge is -2.50. The zero-order chi connectivity index (χ0) is 18.9. The highest BCUT2D eigenvalue weighted by Gasteiger charge is 2.54. The Morgan fingerprint density at radius 3 is 3.00 bits per heavy atom. The van der Waals surface area contributed by atoms with Gasteiger partial charge in [0.1, 0.15) is 11.3 Å². The van der Waals surface area contributed by atoms with E-state index in [1.807, 2.05) is 37.1 Å². The highest BCUT2D eigenvalue weighted by Crippen LogP contribution is 2.42. The lowest BCUT2D eigenvalue weighted by atomic mass is 9.79. The predicted molar refractivity (Wildman–Crippen MR) is 99.1 cm³/mol. The van der Waals surface area contributed by atoms with Crippen LogP contribution in [0, 0.1) is 12.8 Å². The molecule has 1 spiro atoms. The summed E-state index contributed by atoms with van der Waals surface area (Å²) in [5.74, 6) is 0.410. The zero-order valence-corrected chi connectivity index (χ0v) is 15.9. The van der Waals surface area contributed by atoms with Gasteiger partial charge in [0.2, 0.25) is 0 Å². The van der Waals surface area contributed by atoms with Gasteiger partial charge in [-0.25, -0.2) is 4.98 Å². The van der Waals surface area contributed by atoms with Crippen LogP contribution >= 0.6 is 0 Å². The number of pyridine rings is 1. The van der Waals surface area contributed by atoms with Crippen molar-refractivity contribution in [1.29, 1.82) is 0 Å². The van der Waals surface area contributed by atoms with Crippen LogP contribution in [0.4, 0.5) is 0 Å². The normalized spacial score (nSPS) is 20.8. The zero-order valence-electron chi connectivity index (χ0n) is 15.9. The van der Waals surface area contributed by atoms with Crippen LogP contribution in [0.1, 0.15) is 34.7 Å². The van der Waals surface area contributed by atoms with E-state index in [9.17, 15) is 4.79 Å². The Hall–Kier alpha value is -2.25. The molecule has 2 aromatic heterocycles. The number of hydrogen-bond donors (Lipinski definition) is 0. The Morgan fingerprint density at radius 2 is 2.26 bits per heavy atom. The second-order valence-corrected chi connectivity index (χ2v) is 7.60. The van der Waals surface area contributed by atoms with E-state index in [4.69, 9.17) is 9.47 Å². The molecular formula is C20H26N4O3. The van der Waals surface area contributed by atoms with Gasteiger partial charge in [-0.05, 0) is 37.8 Å². The topological polar surface area (TPSA) is 69.5 Å². The summed E-state index contributed by atoms with van der Waals surface area (Å²) in [6, 6.07) is 5.97. The van der Waals surface area contributed by atoms with Crippen molar-refractivity contribution in [2.45, 2.75) is 32.0 Å². The van der Waals surface area contributed by atoms with Gasteiger partial charge in [0.15, 0.2) is 0 Å². The summed E-state index contributed by atoms with van der Waals surface area (Å²) in [5.41, 5.74) is 2.26. The number of ether oxygens (including phenoxy) is 2. The quantitative estimate of drug-likeness (QED) is 0.727. The molecule has 2 aromatic rings. The number of amides is 1. The SMILES string of the molecule is Cc1cccc(COCCC2CCOC23CN(C(=O)c2cn(C)cn2)C3)n1. The van der Waals surface area contributed by atoms with Crippen LogP contribution in [0.5, 0.6) is 0 Å². The first-order valence-corrected chi connectivity index (χ1v) is 9.47. The molecule has 0 bridgehead atoms. The van der Waals surface area contributed by atoms with Gasteiger partial charge in [-0.3, -0.25) is 9.78 Å². The minimum atomic E-state index is -0.199. The first kappa shape index (κ1) is 18.1. The van der Waals surface area contributed by atoms with Crippen molar-refractivity contribution in [3.63, 3.8) is 0 Å². The van der Waals surface area contributed by atoms with E-state index in [1.54, 1.807) is 17.1 Å². The van der Waals surface area contributed by atoms with Gasteiger partial charge in [0, 0.05) is 32.2 Å². The lowest BCUT2D eigenvalue weighted by molar-refractivity contribution is -0.120. The summed E-state index contributed by atoms with van der Waals surface area (Å²) in [5, 5.41) is 0. The molecule has 1 atom stereocenters. The Morgan fingerprint density at radius 1 is 1.41 bits per heavy atom. The molecule has 1 unspecified atom stereocenters. The van der Waals surface area contributed by atoms with E-state index in [1.165, 1.54) is 0 Å². The third-order valence-electron chi connectivity index (χ3n) is 5.53. The molecule has 7 nitrogen and oxygen atoms in total. The minimum Gasteiger partial charge on any atom is -0.375 e. The number of rotatable bonds is 6. The fraction of sp³-hybridized carbons (Fsp3) is 0.550. The van der Waals surface area contributed by atoms with Crippen molar-refractivity contribution in [3.8, 4) is 0 Å². The third kappa shape index (κ3) is 3.75. The van der Waals surface area contributed by atoms with Crippen molar-refractivity contribution >= 4 is 5.91 Å². The average molecular weight is 370 g/mol. The van der Waals surface area contributed by atoms with Crippen LogP contribution in [-0.4, -0.2) is 57.2 Å². The van der Waals surface area contributed by atoms with E-state index < -0.39 is 0 Å². The molecule has 0 saturated carbocycles. The number of hydrogen-bond acceptors (Lipinski definition) is 5. The third-order valence-corrected chi connectivity index (χ3v) is 5.53. The monoisotopic (exact) mass is 370 g/mol. The van der Waals surface area contributed by atoms with E-state index in [-0.39, 0.29) is 11.5 Å². The highest BCUT2D eigenvalue weighted by molar-refractivity contribution is 5.92. The molecule has 4 heterocycles. The molecular weight excluding hydrogens is 344 g/mol. The maximum absolute atomic E-state index is 12.5. The molecule has 0 radical (unpaired) electrons. The first-order valence-electron chi connectivity index (χ1n) is 9.47. The van der Waals surface area contributed by atoms with Crippen molar-refractivity contribution in [2.24, 2.45) is 13.0 Å². The van der Waals surface area contributed by atoms with Crippen molar-refractivity contribution in [2.75, 3.05) is 26.3 Å². The Bertz CT molecular complexity index is 813. The summed E-state index contributed by atoms with van der Waals surface area (Å²) in [4.78, 5) is 22.9. The largest absolute Gasteiger partial charge is 0.375 e. The second-order valence-electron chi connectivity index (χ2n) is 7.60. The molecule has 1 amide bonds. The van der Waals surface area contributed by atoms with Gasteiger partial charge in [0.25, 0.3) is 5.91 Å². The predicted octanol–water partition coefficient (Wildman–Crippen LogP) is 1.96. The number of likely N-dealkylation sites (tertiary alicyclic amines) is 1. The standard InChI is InChI=1S/C20H26N4O3/c1-15-4-3-5-17(22-15)11-26-8-6-16-7-9-27-20(16)12-24(13-20)19(25)18-10-23(2)14-21-18/h3-5,10,14,16H,6-9,11-13H2,1-2H3. The van der Waals surface area contributed by atoms with E-state index in [0.717, 1.165) is 30.8 Å². The van der Waals surface area contributed by atoms with Crippen molar-refractivity contribution in [1.82, 2.24) is 19.4 Å². The summed E-state index contributed by atoms with van der Waals surface area (Å²) in [7, 11) is 1.86. The molecule has 0 aromatic carbocycles. The number of aryl methyl sites for hydroxylation is 2. The van der Waals surface area contributed by atoms with Crippen LogP contribution < -0.4 is 0 Å². The van der Waals surface area contributed by atoms with Crippen LogP contribution in [0.3, 0.4) is 0 Å². The maximum Gasteiger partial charge on any atom is 0.274 e. The highest BCUT2D eigenvalue weighted by atomic mass is 16.5. The second kappa shape index (κ2) is 7.40. The fourth-order valence-corrected chi connectivity index (χ4v) is 4.05. The van der Waals surface area contributed by atoms with Crippen LogP contribution in [0.25, 0.3) is 0 Å². The smallest absolute Gasteiger partial charge is 0.274 e. The summed E-state index contributed by atoms with van der Waals surface area (Å²) in [6.07, 6.45) is 5.38. The number of carbonyl (C=O) groups excluding carboxylic acids is 1. The van der Waals surface area contributed by atoms with Gasteiger partial charge in [0.05, 0.1) is 31.7 Å². The summed E-state index contributed by atoms with van der Waals surface area (Å²) < 4.78 is 13.7. The fourth-order valence-electron chi connectivity index (χ4n) is 4.05. The molecule has 7 heteroatoms. The Labute approximate surface area is 159 Å². The van der Waals surface area contributed by atoms with Gasteiger partial charge in [-0.1, -0.05) is 6.07 Å². The Balaban J connectivity index is 1.25. The summed E-state index contributed by atoms with van der Waals surface area (Å²) in [6.45, 7) is 5.25. The van der Waals surface area contributed by atoms with E-state index in [0.29, 0.717) is 37.9 Å².